The molecule has 3 rings (SSSR count). The summed E-state index contributed by atoms with van der Waals surface area (Å²) in [6, 6.07) is 18.3. The Morgan fingerprint density at radius 3 is 2.60 bits per heavy atom. The molecule has 0 aliphatic rings. The van der Waals surface area contributed by atoms with Crippen molar-refractivity contribution in [1.29, 1.82) is 0 Å². The molecule has 0 saturated carbocycles. The van der Waals surface area contributed by atoms with E-state index in [9.17, 15) is 0 Å². The largest absolute Gasteiger partial charge is 0.431 e. The molecule has 1 N–H and O–H groups in total. The number of oxazole rings is 1. The summed E-state index contributed by atoms with van der Waals surface area (Å²) < 4.78 is 5.79. The van der Waals surface area contributed by atoms with Gasteiger partial charge in [-0.2, -0.15) is 0 Å². The topological polar surface area (TPSA) is 38.1 Å². The number of aromatic nitrogens is 1. The van der Waals surface area contributed by atoms with Gasteiger partial charge >= 0.3 is 0 Å². The minimum atomic E-state index is 0.286. The van der Waals surface area contributed by atoms with Crippen LogP contribution in [0.4, 0.5) is 0 Å². The van der Waals surface area contributed by atoms with Gasteiger partial charge in [-0.25, -0.2) is 4.98 Å². The van der Waals surface area contributed by atoms with Crippen LogP contribution in [-0.4, -0.2) is 18.6 Å². The van der Waals surface area contributed by atoms with E-state index in [1.165, 1.54) is 5.56 Å². The number of fused-ring (bicyclic) bond motifs is 1. The molecule has 1 unspecified atom stereocenters. The van der Waals surface area contributed by atoms with E-state index in [1.807, 2.05) is 37.4 Å². The van der Waals surface area contributed by atoms with E-state index in [-0.39, 0.29) is 5.25 Å². The fourth-order valence-corrected chi connectivity index (χ4v) is 3.18. The minimum absolute atomic E-state index is 0.286. The Labute approximate surface area is 122 Å². The van der Waals surface area contributed by atoms with Crippen LogP contribution in [0.15, 0.2) is 64.2 Å². The molecule has 4 heteroatoms. The van der Waals surface area contributed by atoms with E-state index in [0.29, 0.717) is 0 Å². The summed E-state index contributed by atoms with van der Waals surface area (Å²) in [5.41, 5.74) is 3.02. The third kappa shape index (κ3) is 2.86. The first-order valence-electron chi connectivity index (χ1n) is 6.58. The van der Waals surface area contributed by atoms with Crippen molar-refractivity contribution in [1.82, 2.24) is 10.3 Å². The molecule has 0 fully saturated rings. The number of nitrogens with one attached hydrogen (secondary N) is 1. The van der Waals surface area contributed by atoms with E-state index < -0.39 is 0 Å². The van der Waals surface area contributed by atoms with Crippen molar-refractivity contribution in [2.45, 2.75) is 10.5 Å². The van der Waals surface area contributed by atoms with Crippen molar-refractivity contribution >= 4 is 22.9 Å². The molecule has 0 amide bonds. The van der Waals surface area contributed by atoms with Gasteiger partial charge in [0.2, 0.25) is 0 Å². The molecule has 1 atom stereocenters. The van der Waals surface area contributed by atoms with Crippen LogP contribution in [0.25, 0.3) is 11.1 Å². The molecule has 0 aliphatic heterocycles. The molecule has 2 aromatic carbocycles. The van der Waals surface area contributed by atoms with Crippen LogP contribution in [-0.2, 0) is 0 Å². The van der Waals surface area contributed by atoms with Crippen molar-refractivity contribution in [3.63, 3.8) is 0 Å². The lowest BCUT2D eigenvalue weighted by molar-refractivity contribution is 0.488. The first kappa shape index (κ1) is 13.2. The second-order valence-electron chi connectivity index (χ2n) is 4.52. The molecule has 0 spiro atoms. The monoisotopic (exact) mass is 284 g/mol. The zero-order chi connectivity index (χ0) is 13.8. The summed E-state index contributed by atoms with van der Waals surface area (Å²) in [6.45, 7) is 0.868. The number of likely N-dealkylation sites (N-methyl/N-ethyl adjacent to an activating group) is 1. The molecule has 0 saturated heterocycles. The van der Waals surface area contributed by atoms with E-state index in [4.69, 9.17) is 4.42 Å². The summed E-state index contributed by atoms with van der Waals surface area (Å²) in [4.78, 5) is 4.53. The van der Waals surface area contributed by atoms with Gasteiger partial charge in [-0.05, 0) is 24.7 Å². The first-order chi connectivity index (χ1) is 9.86. The number of nitrogens with zero attached hydrogens (tertiary/aromatic N) is 1. The predicted octanol–water partition coefficient (Wildman–Crippen LogP) is 3.88. The summed E-state index contributed by atoms with van der Waals surface area (Å²) in [5, 5.41) is 4.23. The van der Waals surface area contributed by atoms with Crippen LogP contribution in [0.2, 0.25) is 0 Å². The van der Waals surface area contributed by atoms with Gasteiger partial charge in [0, 0.05) is 6.54 Å². The van der Waals surface area contributed by atoms with Crippen LogP contribution in [0.5, 0.6) is 0 Å². The highest BCUT2D eigenvalue weighted by molar-refractivity contribution is 7.99. The zero-order valence-electron chi connectivity index (χ0n) is 11.2. The van der Waals surface area contributed by atoms with Crippen LogP contribution in [0.1, 0.15) is 10.8 Å². The fourth-order valence-electron chi connectivity index (χ4n) is 2.10. The van der Waals surface area contributed by atoms with E-state index in [2.05, 4.69) is 34.6 Å². The van der Waals surface area contributed by atoms with E-state index in [1.54, 1.807) is 11.8 Å². The van der Waals surface area contributed by atoms with Crippen LogP contribution < -0.4 is 5.32 Å². The van der Waals surface area contributed by atoms with Gasteiger partial charge in [0.15, 0.2) is 5.58 Å². The third-order valence-electron chi connectivity index (χ3n) is 3.08. The van der Waals surface area contributed by atoms with Crippen molar-refractivity contribution in [2.75, 3.05) is 13.6 Å². The number of benzene rings is 2. The Bertz CT molecular complexity index is 648. The Morgan fingerprint density at radius 2 is 1.85 bits per heavy atom. The minimum Gasteiger partial charge on any atom is -0.431 e. The SMILES string of the molecule is CNCC(Sc1nc2ccccc2o1)c1ccccc1. The zero-order valence-corrected chi connectivity index (χ0v) is 12.1. The highest BCUT2D eigenvalue weighted by atomic mass is 32.2. The van der Waals surface area contributed by atoms with Gasteiger partial charge < -0.3 is 9.73 Å². The van der Waals surface area contributed by atoms with Gasteiger partial charge in [-0.15, -0.1) is 0 Å². The van der Waals surface area contributed by atoms with Gasteiger partial charge in [0.05, 0.1) is 5.25 Å². The smallest absolute Gasteiger partial charge is 0.257 e. The maximum Gasteiger partial charge on any atom is 0.257 e. The Morgan fingerprint density at radius 1 is 1.10 bits per heavy atom. The van der Waals surface area contributed by atoms with E-state index >= 15 is 0 Å². The summed E-state index contributed by atoms with van der Waals surface area (Å²) in [7, 11) is 1.96. The van der Waals surface area contributed by atoms with Crippen molar-refractivity contribution in [2.24, 2.45) is 0 Å². The molecule has 1 aromatic heterocycles. The third-order valence-corrected chi connectivity index (χ3v) is 4.18. The number of hydrogen-bond acceptors (Lipinski definition) is 4. The fraction of sp³-hybridized carbons (Fsp3) is 0.188. The van der Waals surface area contributed by atoms with Gasteiger partial charge in [-0.1, -0.05) is 54.2 Å². The summed E-state index contributed by atoms with van der Waals surface area (Å²) in [6.07, 6.45) is 0. The number of thioether (sulfide) groups is 1. The van der Waals surface area contributed by atoms with Crippen molar-refractivity contribution in [3.05, 3.63) is 60.2 Å². The average Bonchev–Trinajstić information content (AvgIpc) is 2.90. The van der Waals surface area contributed by atoms with Crippen LogP contribution >= 0.6 is 11.8 Å². The Kier molecular flexibility index (Phi) is 4.04. The predicted molar refractivity (Wildman–Crippen MR) is 83.0 cm³/mol. The molecular formula is C16H16N2OS. The molecule has 0 bridgehead atoms. The molecule has 3 aromatic rings. The second-order valence-corrected chi connectivity index (χ2v) is 5.68. The number of rotatable bonds is 5. The number of hydrogen-bond donors (Lipinski definition) is 1. The Balaban J connectivity index is 1.86. The Hall–Kier alpha value is -1.78. The van der Waals surface area contributed by atoms with E-state index in [0.717, 1.165) is 22.9 Å². The lowest BCUT2D eigenvalue weighted by Gasteiger charge is -2.14. The first-order valence-corrected chi connectivity index (χ1v) is 7.46. The lowest BCUT2D eigenvalue weighted by atomic mass is 10.1. The maximum atomic E-state index is 5.79. The molecule has 3 nitrogen and oxygen atoms in total. The molecule has 0 radical (unpaired) electrons. The standard InChI is InChI=1S/C16H16N2OS/c1-17-11-15(12-7-3-2-4-8-12)20-16-18-13-9-5-6-10-14(13)19-16/h2-10,15,17H,11H2,1H3. The van der Waals surface area contributed by atoms with Gasteiger partial charge in [0.25, 0.3) is 5.22 Å². The molecular weight excluding hydrogens is 268 g/mol. The van der Waals surface area contributed by atoms with Gasteiger partial charge in [-0.3, -0.25) is 0 Å². The summed E-state index contributed by atoms with van der Waals surface area (Å²) >= 11 is 1.65. The maximum absolute atomic E-state index is 5.79. The lowest BCUT2D eigenvalue weighted by Crippen LogP contribution is -2.14. The molecule has 0 aliphatic carbocycles. The highest BCUT2D eigenvalue weighted by Crippen LogP contribution is 2.35. The van der Waals surface area contributed by atoms with Crippen LogP contribution in [0.3, 0.4) is 0 Å². The van der Waals surface area contributed by atoms with Crippen LogP contribution in [0, 0.1) is 0 Å². The molecule has 102 valence electrons. The summed E-state index contributed by atoms with van der Waals surface area (Å²) in [5.74, 6) is 0. The number of para-hydroxylation sites is 2. The highest BCUT2D eigenvalue weighted by Gasteiger charge is 2.16. The van der Waals surface area contributed by atoms with Crippen molar-refractivity contribution in [3.8, 4) is 0 Å². The average molecular weight is 284 g/mol. The normalized spacial score (nSPS) is 12.7. The van der Waals surface area contributed by atoms with Crippen molar-refractivity contribution < 1.29 is 4.42 Å². The van der Waals surface area contributed by atoms with Gasteiger partial charge in [0.1, 0.15) is 5.52 Å². The molecule has 1 heterocycles. The quantitative estimate of drug-likeness (QED) is 0.722. The molecule has 20 heavy (non-hydrogen) atoms. The second kappa shape index (κ2) is 6.11.